The van der Waals surface area contributed by atoms with Crippen LogP contribution >= 0.6 is 0 Å². The summed E-state index contributed by atoms with van der Waals surface area (Å²) < 4.78 is 5.50. The van der Waals surface area contributed by atoms with Crippen LogP contribution < -0.4 is 5.73 Å². The molecule has 0 amide bonds. The van der Waals surface area contributed by atoms with Gasteiger partial charge in [-0.15, -0.1) is 0 Å². The summed E-state index contributed by atoms with van der Waals surface area (Å²) in [7, 11) is 2.02. The molecule has 0 saturated heterocycles. The van der Waals surface area contributed by atoms with E-state index in [1.165, 1.54) is 0 Å². The molecule has 0 atom stereocenters. The van der Waals surface area contributed by atoms with Gasteiger partial charge in [-0.2, -0.15) is 0 Å². The van der Waals surface area contributed by atoms with Gasteiger partial charge in [0.05, 0.1) is 12.7 Å². The van der Waals surface area contributed by atoms with E-state index in [1.807, 2.05) is 33.0 Å². The lowest BCUT2D eigenvalue weighted by Gasteiger charge is -2.17. The van der Waals surface area contributed by atoms with Gasteiger partial charge in [0.25, 0.3) is 0 Å². The van der Waals surface area contributed by atoms with Gasteiger partial charge in [0.2, 0.25) is 0 Å². The van der Waals surface area contributed by atoms with Crippen molar-refractivity contribution in [2.45, 2.75) is 26.5 Å². The van der Waals surface area contributed by atoms with Crippen molar-refractivity contribution < 1.29 is 9.94 Å². The summed E-state index contributed by atoms with van der Waals surface area (Å²) in [5.41, 5.74) is 7.05. The Morgan fingerprint density at radius 1 is 1.58 bits per heavy atom. The average Bonchev–Trinajstić information content (AvgIpc) is 2.37. The van der Waals surface area contributed by atoms with Gasteiger partial charge in [-0.05, 0) is 38.6 Å². The Labute approximate surface area is 113 Å². The molecule has 19 heavy (non-hydrogen) atoms. The third-order valence-electron chi connectivity index (χ3n) is 2.57. The molecule has 0 unspecified atom stereocenters. The Morgan fingerprint density at radius 2 is 2.32 bits per heavy atom. The highest BCUT2D eigenvalue weighted by Gasteiger charge is 2.05. The zero-order valence-corrected chi connectivity index (χ0v) is 11.7. The second-order valence-corrected chi connectivity index (χ2v) is 4.69. The smallest absolute Gasteiger partial charge is 0.188 e. The fraction of sp³-hybridized carbons (Fsp3) is 0.538. The zero-order valence-electron chi connectivity index (χ0n) is 11.7. The second-order valence-electron chi connectivity index (χ2n) is 4.69. The van der Waals surface area contributed by atoms with Crippen molar-refractivity contribution in [2.75, 3.05) is 20.2 Å². The van der Waals surface area contributed by atoms with Crippen LogP contribution in [0.25, 0.3) is 0 Å². The van der Waals surface area contributed by atoms with Crippen LogP contribution in [0.1, 0.15) is 25.1 Å². The van der Waals surface area contributed by atoms with E-state index in [9.17, 15) is 0 Å². The van der Waals surface area contributed by atoms with E-state index in [-0.39, 0.29) is 11.9 Å². The zero-order chi connectivity index (χ0) is 14.3. The maximum absolute atomic E-state index is 8.63. The van der Waals surface area contributed by atoms with E-state index in [0.717, 1.165) is 18.7 Å². The molecule has 1 aromatic heterocycles. The summed E-state index contributed by atoms with van der Waals surface area (Å²) in [6.07, 6.45) is 1.91. The van der Waals surface area contributed by atoms with Crippen LogP contribution in [-0.2, 0) is 11.3 Å². The van der Waals surface area contributed by atoms with Crippen LogP contribution in [0.2, 0.25) is 0 Å². The highest BCUT2D eigenvalue weighted by Crippen LogP contribution is 2.05. The molecule has 0 aromatic carbocycles. The normalized spacial score (nSPS) is 12.4. The number of hydrogen-bond donors (Lipinski definition) is 2. The van der Waals surface area contributed by atoms with Gasteiger partial charge in [0.15, 0.2) is 5.84 Å². The average molecular weight is 266 g/mol. The minimum atomic E-state index is 0.0210. The Hall–Kier alpha value is -1.66. The van der Waals surface area contributed by atoms with Gasteiger partial charge in [-0.25, -0.2) is 0 Å². The third-order valence-corrected chi connectivity index (χ3v) is 2.57. The molecule has 0 bridgehead atoms. The van der Waals surface area contributed by atoms with Gasteiger partial charge in [-0.3, -0.25) is 9.88 Å². The molecule has 6 heteroatoms. The van der Waals surface area contributed by atoms with Crippen molar-refractivity contribution in [1.82, 2.24) is 9.88 Å². The van der Waals surface area contributed by atoms with E-state index in [0.29, 0.717) is 12.3 Å². The van der Waals surface area contributed by atoms with Crippen molar-refractivity contribution in [2.24, 2.45) is 10.9 Å². The molecule has 0 fully saturated rings. The predicted octanol–water partition coefficient (Wildman–Crippen LogP) is 1.03. The third kappa shape index (κ3) is 5.67. The van der Waals surface area contributed by atoms with E-state index in [2.05, 4.69) is 15.0 Å². The fourth-order valence-electron chi connectivity index (χ4n) is 1.60. The number of rotatable bonds is 7. The lowest BCUT2D eigenvalue weighted by atomic mass is 10.2. The number of hydrogen-bond acceptors (Lipinski definition) is 5. The van der Waals surface area contributed by atoms with Gasteiger partial charge in [0, 0.05) is 19.3 Å². The van der Waals surface area contributed by atoms with Crippen molar-refractivity contribution in [3.8, 4) is 0 Å². The summed E-state index contributed by atoms with van der Waals surface area (Å²) in [4.78, 5) is 6.19. The lowest BCUT2D eigenvalue weighted by Crippen LogP contribution is -2.24. The molecular weight excluding hydrogens is 244 g/mol. The van der Waals surface area contributed by atoms with Gasteiger partial charge < -0.3 is 15.7 Å². The van der Waals surface area contributed by atoms with Crippen molar-refractivity contribution in [1.29, 1.82) is 0 Å². The number of nitrogens with two attached hydrogens (primary N) is 1. The number of likely N-dealkylation sites (N-methyl/N-ethyl adjacent to an activating group) is 1. The lowest BCUT2D eigenvalue weighted by molar-refractivity contribution is 0.0627. The molecule has 1 heterocycles. The number of nitrogens with zero attached hydrogens (tertiary/aromatic N) is 3. The summed E-state index contributed by atoms with van der Waals surface area (Å²) in [5, 5.41) is 11.6. The van der Waals surface area contributed by atoms with Crippen molar-refractivity contribution >= 4 is 5.84 Å². The maximum Gasteiger partial charge on any atom is 0.188 e. The quantitative estimate of drug-likeness (QED) is 0.333. The minimum Gasteiger partial charge on any atom is -0.409 e. The Bertz CT molecular complexity index is 421. The first kappa shape index (κ1) is 15.4. The van der Waals surface area contributed by atoms with Crippen molar-refractivity contribution in [3.63, 3.8) is 0 Å². The monoisotopic (exact) mass is 266 g/mol. The summed E-state index contributed by atoms with van der Waals surface area (Å²) in [6.45, 7) is 6.35. The molecule has 0 saturated carbocycles. The van der Waals surface area contributed by atoms with Crippen molar-refractivity contribution in [3.05, 3.63) is 29.6 Å². The van der Waals surface area contributed by atoms with Crippen LogP contribution in [0.5, 0.6) is 0 Å². The number of aromatic nitrogens is 1. The first-order chi connectivity index (χ1) is 9.02. The maximum atomic E-state index is 8.63. The van der Waals surface area contributed by atoms with Crippen LogP contribution in [0, 0.1) is 0 Å². The molecule has 0 aliphatic rings. The number of pyridine rings is 1. The Morgan fingerprint density at radius 3 is 2.95 bits per heavy atom. The highest BCUT2D eigenvalue weighted by atomic mass is 16.5. The second kappa shape index (κ2) is 7.70. The summed E-state index contributed by atoms with van der Waals surface area (Å²) >= 11 is 0. The standard InChI is InChI=1S/C13H22N4O2/c1-10(2)19-7-6-17(3)9-11-4-5-15-12(8-11)13(14)16-18/h4-5,8,10,18H,6-7,9H2,1-3H3,(H2,14,16). The Balaban J connectivity index is 2.52. The summed E-state index contributed by atoms with van der Waals surface area (Å²) in [6, 6.07) is 3.73. The fourth-order valence-corrected chi connectivity index (χ4v) is 1.60. The molecule has 0 aliphatic carbocycles. The van der Waals surface area contributed by atoms with Gasteiger partial charge in [-0.1, -0.05) is 5.16 Å². The van der Waals surface area contributed by atoms with Crippen LogP contribution in [-0.4, -0.2) is 47.2 Å². The molecule has 6 nitrogen and oxygen atoms in total. The molecule has 0 spiro atoms. The summed E-state index contributed by atoms with van der Waals surface area (Å²) in [5.74, 6) is 0.0210. The molecule has 3 N–H and O–H groups in total. The number of amidine groups is 1. The van der Waals surface area contributed by atoms with Crippen LogP contribution in [0.4, 0.5) is 0 Å². The molecule has 106 valence electrons. The minimum absolute atomic E-state index is 0.0210. The Kier molecular flexibility index (Phi) is 6.24. The molecule has 1 aromatic rings. The molecule has 0 radical (unpaired) electrons. The number of oxime groups is 1. The van der Waals surface area contributed by atoms with E-state index >= 15 is 0 Å². The largest absolute Gasteiger partial charge is 0.409 e. The molecule has 0 aliphatic heterocycles. The molecule has 1 rings (SSSR count). The molecular formula is C13H22N4O2. The van der Waals surface area contributed by atoms with E-state index < -0.39 is 0 Å². The first-order valence-electron chi connectivity index (χ1n) is 6.26. The van der Waals surface area contributed by atoms with Gasteiger partial charge >= 0.3 is 0 Å². The topological polar surface area (TPSA) is 84.0 Å². The van der Waals surface area contributed by atoms with Crippen LogP contribution in [0.3, 0.4) is 0 Å². The SMILES string of the molecule is CC(C)OCCN(C)Cc1ccnc(/C(N)=N/O)c1. The first-order valence-corrected chi connectivity index (χ1v) is 6.26. The predicted molar refractivity (Wildman–Crippen MR) is 74.2 cm³/mol. The highest BCUT2D eigenvalue weighted by molar-refractivity contribution is 5.95. The number of ether oxygens (including phenoxy) is 1. The van der Waals surface area contributed by atoms with E-state index in [1.54, 1.807) is 6.20 Å². The van der Waals surface area contributed by atoms with Gasteiger partial charge in [0.1, 0.15) is 5.69 Å². The van der Waals surface area contributed by atoms with E-state index in [4.69, 9.17) is 15.7 Å². The van der Waals surface area contributed by atoms with Crippen LogP contribution in [0.15, 0.2) is 23.5 Å².